The molecule has 1 fully saturated rings. The smallest absolute Gasteiger partial charge is 0.419 e. The first-order chi connectivity index (χ1) is 9.82. The van der Waals surface area contributed by atoms with E-state index in [9.17, 15) is 22.4 Å². The minimum absolute atomic E-state index is 0.197. The quantitative estimate of drug-likeness (QED) is 0.686. The number of benzene rings is 1. The second-order valence-electron chi connectivity index (χ2n) is 4.58. The fourth-order valence-electron chi connectivity index (χ4n) is 2.12. The molecule has 0 bridgehead atoms. The van der Waals surface area contributed by atoms with Crippen molar-refractivity contribution in [3.8, 4) is 5.75 Å². The number of hydrogen-bond acceptors (Lipinski definition) is 4. The van der Waals surface area contributed by atoms with Crippen LogP contribution in [0.5, 0.6) is 5.75 Å². The molecule has 1 N–H and O–H groups in total. The van der Waals surface area contributed by atoms with Gasteiger partial charge in [-0.05, 0) is 12.1 Å². The standard InChI is InChI=1S/C13H13F4NO3/c1-20-12(19)9-5-7(6-18-9)21-10-4-2-3-8(11(10)14)13(15,16)17/h2-4,7,9,18H,5-6H2,1H3/t7-,9+/m1/s1. The van der Waals surface area contributed by atoms with Crippen molar-refractivity contribution < 1.29 is 31.8 Å². The van der Waals surface area contributed by atoms with Crippen molar-refractivity contribution in [2.45, 2.75) is 24.7 Å². The Kier molecular flexibility index (Phi) is 4.36. The van der Waals surface area contributed by atoms with Crippen LogP contribution in [0.2, 0.25) is 0 Å². The van der Waals surface area contributed by atoms with Gasteiger partial charge in [-0.3, -0.25) is 4.79 Å². The Morgan fingerprint density at radius 1 is 1.38 bits per heavy atom. The van der Waals surface area contributed by atoms with Gasteiger partial charge in [0.1, 0.15) is 12.1 Å². The molecule has 2 rings (SSSR count). The third-order valence-corrected chi connectivity index (χ3v) is 3.14. The second kappa shape index (κ2) is 5.88. The van der Waals surface area contributed by atoms with Crippen LogP contribution in [0, 0.1) is 5.82 Å². The van der Waals surface area contributed by atoms with Crippen LogP contribution in [-0.2, 0) is 15.7 Å². The molecular formula is C13H13F4NO3. The Morgan fingerprint density at radius 3 is 2.71 bits per heavy atom. The molecule has 8 heteroatoms. The topological polar surface area (TPSA) is 47.6 Å². The Hall–Kier alpha value is -1.83. The van der Waals surface area contributed by atoms with E-state index in [2.05, 4.69) is 10.1 Å². The largest absolute Gasteiger partial charge is 0.486 e. The first kappa shape index (κ1) is 15.6. The van der Waals surface area contributed by atoms with Gasteiger partial charge < -0.3 is 14.8 Å². The van der Waals surface area contributed by atoms with E-state index < -0.39 is 41.4 Å². The van der Waals surface area contributed by atoms with Gasteiger partial charge in [-0.15, -0.1) is 0 Å². The highest BCUT2D eigenvalue weighted by Crippen LogP contribution is 2.35. The average Bonchev–Trinajstić information content (AvgIpc) is 2.87. The highest BCUT2D eigenvalue weighted by molar-refractivity contribution is 5.76. The van der Waals surface area contributed by atoms with Crippen LogP contribution in [0.4, 0.5) is 17.6 Å². The van der Waals surface area contributed by atoms with E-state index in [1.54, 1.807) is 0 Å². The molecular weight excluding hydrogens is 294 g/mol. The molecule has 2 atom stereocenters. The van der Waals surface area contributed by atoms with Gasteiger partial charge in [0.25, 0.3) is 0 Å². The van der Waals surface area contributed by atoms with Crippen LogP contribution in [-0.4, -0.2) is 31.8 Å². The third-order valence-electron chi connectivity index (χ3n) is 3.14. The molecule has 0 saturated carbocycles. The van der Waals surface area contributed by atoms with Crippen molar-refractivity contribution >= 4 is 5.97 Å². The number of carbonyl (C=O) groups excluding carboxylic acids is 1. The molecule has 0 unspecified atom stereocenters. The number of methoxy groups -OCH3 is 1. The van der Waals surface area contributed by atoms with E-state index >= 15 is 0 Å². The van der Waals surface area contributed by atoms with Crippen LogP contribution < -0.4 is 10.1 Å². The fourth-order valence-corrected chi connectivity index (χ4v) is 2.12. The molecule has 1 aliphatic rings. The molecule has 0 amide bonds. The number of halogens is 4. The summed E-state index contributed by atoms with van der Waals surface area (Å²) in [5, 5.41) is 2.80. The molecule has 1 aromatic carbocycles. The van der Waals surface area contributed by atoms with Crippen molar-refractivity contribution in [2.75, 3.05) is 13.7 Å². The summed E-state index contributed by atoms with van der Waals surface area (Å²) < 4.78 is 61.3. The number of rotatable bonds is 3. The number of ether oxygens (including phenoxy) is 2. The second-order valence-corrected chi connectivity index (χ2v) is 4.58. The first-order valence-electron chi connectivity index (χ1n) is 6.16. The number of hydrogen-bond donors (Lipinski definition) is 1. The Morgan fingerprint density at radius 2 is 2.10 bits per heavy atom. The number of nitrogens with one attached hydrogen (secondary N) is 1. The molecule has 1 aromatic rings. The average molecular weight is 307 g/mol. The lowest BCUT2D eigenvalue weighted by Gasteiger charge is -2.16. The van der Waals surface area contributed by atoms with Crippen molar-refractivity contribution in [2.24, 2.45) is 0 Å². The van der Waals surface area contributed by atoms with Crippen molar-refractivity contribution in [1.29, 1.82) is 0 Å². The van der Waals surface area contributed by atoms with Gasteiger partial charge in [-0.1, -0.05) is 6.07 Å². The van der Waals surface area contributed by atoms with Gasteiger partial charge in [0.2, 0.25) is 0 Å². The van der Waals surface area contributed by atoms with E-state index in [-0.39, 0.29) is 13.0 Å². The molecule has 0 aromatic heterocycles. The maximum atomic E-state index is 13.8. The molecule has 4 nitrogen and oxygen atoms in total. The van der Waals surface area contributed by atoms with E-state index in [0.29, 0.717) is 6.07 Å². The van der Waals surface area contributed by atoms with Gasteiger partial charge in [0.15, 0.2) is 11.6 Å². The normalized spacial score (nSPS) is 22.1. The molecule has 0 radical (unpaired) electrons. The molecule has 21 heavy (non-hydrogen) atoms. The summed E-state index contributed by atoms with van der Waals surface area (Å²) in [6.07, 6.45) is -5.19. The van der Waals surface area contributed by atoms with Crippen LogP contribution >= 0.6 is 0 Å². The highest BCUT2D eigenvalue weighted by atomic mass is 19.4. The summed E-state index contributed by atoms with van der Waals surface area (Å²) in [6, 6.07) is 2.23. The predicted molar refractivity (Wildman–Crippen MR) is 64.2 cm³/mol. The summed E-state index contributed by atoms with van der Waals surface area (Å²) in [5.74, 6) is -2.43. The number of esters is 1. The Balaban J connectivity index is 2.10. The monoisotopic (exact) mass is 307 g/mol. The molecule has 1 saturated heterocycles. The zero-order valence-electron chi connectivity index (χ0n) is 11.0. The van der Waals surface area contributed by atoms with Crippen LogP contribution in [0.25, 0.3) is 0 Å². The van der Waals surface area contributed by atoms with Crippen LogP contribution in [0.1, 0.15) is 12.0 Å². The lowest BCUT2D eigenvalue weighted by molar-refractivity contribution is -0.142. The Bertz CT molecular complexity index is 533. The zero-order valence-corrected chi connectivity index (χ0v) is 11.0. The molecule has 1 aliphatic heterocycles. The predicted octanol–water partition coefficient (Wildman–Crippen LogP) is 2.13. The summed E-state index contributed by atoms with van der Waals surface area (Å²) in [4.78, 5) is 11.3. The maximum Gasteiger partial charge on any atom is 0.419 e. The van der Waals surface area contributed by atoms with Gasteiger partial charge in [0.05, 0.1) is 12.7 Å². The van der Waals surface area contributed by atoms with Crippen molar-refractivity contribution in [1.82, 2.24) is 5.32 Å². The summed E-state index contributed by atoms with van der Waals surface area (Å²) in [7, 11) is 1.23. The maximum absolute atomic E-state index is 13.8. The molecule has 0 spiro atoms. The first-order valence-corrected chi connectivity index (χ1v) is 6.16. The van der Waals surface area contributed by atoms with E-state index in [4.69, 9.17) is 4.74 Å². The third kappa shape index (κ3) is 3.44. The summed E-state index contributed by atoms with van der Waals surface area (Å²) in [5.41, 5.74) is -1.38. The van der Waals surface area contributed by atoms with E-state index in [1.165, 1.54) is 7.11 Å². The van der Waals surface area contributed by atoms with Crippen molar-refractivity contribution in [3.63, 3.8) is 0 Å². The molecule has 116 valence electrons. The van der Waals surface area contributed by atoms with Gasteiger partial charge in [-0.25, -0.2) is 4.39 Å². The zero-order chi connectivity index (χ0) is 15.6. The molecule has 1 heterocycles. The van der Waals surface area contributed by atoms with Gasteiger partial charge in [-0.2, -0.15) is 13.2 Å². The van der Waals surface area contributed by atoms with Crippen molar-refractivity contribution in [3.05, 3.63) is 29.6 Å². The minimum atomic E-state index is -4.79. The molecule has 0 aliphatic carbocycles. The van der Waals surface area contributed by atoms with Crippen LogP contribution in [0.3, 0.4) is 0 Å². The Labute approximate surface area is 118 Å². The lowest BCUT2D eigenvalue weighted by atomic mass is 10.1. The number of carbonyl (C=O) groups is 1. The highest BCUT2D eigenvalue weighted by Gasteiger charge is 2.36. The number of alkyl halides is 3. The van der Waals surface area contributed by atoms with Gasteiger partial charge in [0, 0.05) is 13.0 Å². The fraction of sp³-hybridized carbons (Fsp3) is 0.462. The SMILES string of the molecule is COC(=O)[C@@H]1C[C@@H](Oc2cccc(C(F)(F)F)c2F)CN1. The van der Waals surface area contributed by atoms with E-state index in [0.717, 1.165) is 12.1 Å². The van der Waals surface area contributed by atoms with E-state index in [1.807, 2.05) is 0 Å². The van der Waals surface area contributed by atoms with Crippen LogP contribution in [0.15, 0.2) is 18.2 Å². The summed E-state index contributed by atoms with van der Waals surface area (Å²) >= 11 is 0. The lowest BCUT2D eigenvalue weighted by Crippen LogP contribution is -2.31. The minimum Gasteiger partial charge on any atom is -0.486 e. The van der Waals surface area contributed by atoms with Gasteiger partial charge >= 0.3 is 12.1 Å². The summed E-state index contributed by atoms with van der Waals surface area (Å²) in [6.45, 7) is 0.218.